The van der Waals surface area contributed by atoms with Crippen LogP contribution in [0.15, 0.2) is 18.2 Å². The summed E-state index contributed by atoms with van der Waals surface area (Å²) in [6.07, 6.45) is 3.35. The lowest BCUT2D eigenvalue weighted by Crippen LogP contribution is -2.30. The number of benzene rings is 1. The minimum atomic E-state index is -1.60. The highest BCUT2D eigenvalue weighted by Crippen LogP contribution is 2.15. The highest BCUT2D eigenvalue weighted by Gasteiger charge is 2.14. The molecule has 1 aliphatic heterocycles. The van der Waals surface area contributed by atoms with Crippen molar-refractivity contribution in [1.82, 2.24) is 4.90 Å². The van der Waals surface area contributed by atoms with Crippen molar-refractivity contribution in [2.45, 2.75) is 19.3 Å². The fourth-order valence-electron chi connectivity index (χ4n) is 2.27. The predicted molar refractivity (Wildman–Crippen MR) is 72.0 cm³/mol. The van der Waals surface area contributed by atoms with Gasteiger partial charge in [0, 0.05) is 6.54 Å². The summed E-state index contributed by atoms with van der Waals surface area (Å²) in [7, 11) is -1.60. The van der Waals surface area contributed by atoms with E-state index in [1.54, 1.807) is 0 Å². The summed E-state index contributed by atoms with van der Waals surface area (Å²) in [4.78, 5) is 2.37. The molecular formula is C13H19BFNO3. The van der Waals surface area contributed by atoms with Crippen LogP contribution in [0.3, 0.4) is 0 Å². The Bertz CT molecular complexity index is 411. The van der Waals surface area contributed by atoms with Crippen molar-refractivity contribution in [3.05, 3.63) is 24.0 Å². The van der Waals surface area contributed by atoms with E-state index in [-0.39, 0.29) is 11.2 Å². The molecule has 0 bridgehead atoms. The van der Waals surface area contributed by atoms with Crippen LogP contribution in [0.2, 0.25) is 0 Å². The molecule has 1 aromatic carbocycles. The van der Waals surface area contributed by atoms with Crippen LogP contribution in [-0.2, 0) is 0 Å². The lowest BCUT2D eigenvalue weighted by molar-refractivity contribution is 0.256. The smallest absolute Gasteiger partial charge is 0.488 e. The Kier molecular flexibility index (Phi) is 5.19. The van der Waals surface area contributed by atoms with Crippen LogP contribution in [0.4, 0.5) is 4.39 Å². The maximum atomic E-state index is 13.5. The molecule has 19 heavy (non-hydrogen) atoms. The number of hydrogen-bond donors (Lipinski definition) is 2. The van der Waals surface area contributed by atoms with Gasteiger partial charge in [0.05, 0.1) is 6.61 Å². The summed E-state index contributed by atoms with van der Waals surface area (Å²) in [5.41, 5.74) is 0.232. The first-order valence-electron chi connectivity index (χ1n) is 6.67. The molecule has 1 aliphatic rings. The lowest BCUT2D eigenvalue weighted by atomic mass is 9.80. The number of rotatable bonds is 6. The molecule has 0 amide bonds. The minimum absolute atomic E-state index is 0.0759. The second kappa shape index (κ2) is 6.89. The zero-order valence-corrected chi connectivity index (χ0v) is 10.9. The Morgan fingerprint density at radius 3 is 2.68 bits per heavy atom. The maximum Gasteiger partial charge on any atom is 0.488 e. The van der Waals surface area contributed by atoms with Crippen LogP contribution in [0.1, 0.15) is 19.3 Å². The fourth-order valence-corrected chi connectivity index (χ4v) is 2.27. The molecule has 2 N–H and O–H groups in total. The van der Waals surface area contributed by atoms with E-state index in [9.17, 15) is 4.39 Å². The third-order valence-electron chi connectivity index (χ3n) is 3.33. The summed E-state index contributed by atoms with van der Waals surface area (Å²) in [6.45, 7) is 3.67. The summed E-state index contributed by atoms with van der Waals surface area (Å²) >= 11 is 0. The molecule has 1 heterocycles. The van der Waals surface area contributed by atoms with E-state index in [1.165, 1.54) is 31.0 Å². The fraction of sp³-hybridized carbons (Fsp3) is 0.538. The van der Waals surface area contributed by atoms with Gasteiger partial charge in [0.1, 0.15) is 0 Å². The molecule has 6 heteroatoms. The molecule has 1 fully saturated rings. The van der Waals surface area contributed by atoms with Crippen LogP contribution in [0, 0.1) is 5.82 Å². The van der Waals surface area contributed by atoms with Gasteiger partial charge in [-0.2, -0.15) is 0 Å². The average molecular weight is 267 g/mol. The summed E-state index contributed by atoms with van der Waals surface area (Å²) in [5.74, 6) is -0.405. The van der Waals surface area contributed by atoms with E-state index >= 15 is 0 Å². The van der Waals surface area contributed by atoms with Crippen molar-refractivity contribution in [2.24, 2.45) is 0 Å². The van der Waals surface area contributed by atoms with E-state index in [0.717, 1.165) is 26.1 Å². The molecular weight excluding hydrogens is 248 g/mol. The second-order valence-corrected chi connectivity index (χ2v) is 4.81. The van der Waals surface area contributed by atoms with Gasteiger partial charge in [-0.3, -0.25) is 0 Å². The molecule has 0 saturated carbocycles. The van der Waals surface area contributed by atoms with Gasteiger partial charge in [-0.05, 0) is 49.9 Å². The van der Waals surface area contributed by atoms with Gasteiger partial charge in [-0.1, -0.05) is 6.07 Å². The zero-order chi connectivity index (χ0) is 13.7. The molecule has 0 aromatic heterocycles. The average Bonchev–Trinajstić information content (AvgIpc) is 2.89. The topological polar surface area (TPSA) is 52.9 Å². The Hall–Kier alpha value is -1.11. The molecule has 2 rings (SSSR count). The van der Waals surface area contributed by atoms with Gasteiger partial charge in [-0.25, -0.2) is 4.39 Å². The van der Waals surface area contributed by atoms with Crippen molar-refractivity contribution in [1.29, 1.82) is 0 Å². The number of hydrogen-bond acceptors (Lipinski definition) is 4. The first-order valence-corrected chi connectivity index (χ1v) is 6.67. The third kappa shape index (κ3) is 4.19. The molecule has 1 aromatic rings. The monoisotopic (exact) mass is 267 g/mol. The van der Waals surface area contributed by atoms with Crippen LogP contribution >= 0.6 is 0 Å². The standard InChI is InChI=1S/C13H19BFNO3/c15-12-5-4-11(14(17)18)10-13(12)19-9-3-8-16-6-1-2-7-16/h4-5,10,17-18H,1-3,6-9H2. The van der Waals surface area contributed by atoms with Gasteiger partial charge < -0.3 is 19.7 Å². The Balaban J connectivity index is 1.79. The van der Waals surface area contributed by atoms with E-state index in [4.69, 9.17) is 14.8 Å². The number of likely N-dealkylation sites (tertiary alicyclic amines) is 1. The van der Waals surface area contributed by atoms with Crippen molar-refractivity contribution in [2.75, 3.05) is 26.2 Å². The molecule has 0 unspecified atom stereocenters. The van der Waals surface area contributed by atoms with Crippen molar-refractivity contribution in [3.8, 4) is 5.75 Å². The lowest BCUT2D eigenvalue weighted by Gasteiger charge is -2.14. The van der Waals surface area contributed by atoms with Crippen molar-refractivity contribution >= 4 is 12.6 Å². The van der Waals surface area contributed by atoms with Crippen molar-refractivity contribution in [3.63, 3.8) is 0 Å². The van der Waals surface area contributed by atoms with E-state index < -0.39 is 12.9 Å². The highest BCUT2D eigenvalue weighted by atomic mass is 19.1. The van der Waals surface area contributed by atoms with E-state index in [1.807, 2.05) is 0 Å². The second-order valence-electron chi connectivity index (χ2n) is 4.81. The van der Waals surface area contributed by atoms with Crippen molar-refractivity contribution < 1.29 is 19.2 Å². The maximum absolute atomic E-state index is 13.5. The van der Waals surface area contributed by atoms with Gasteiger partial charge >= 0.3 is 7.12 Å². The Labute approximate surface area is 113 Å². The molecule has 0 spiro atoms. The zero-order valence-electron chi connectivity index (χ0n) is 10.9. The normalized spacial score (nSPS) is 15.7. The number of nitrogens with zero attached hydrogens (tertiary/aromatic N) is 1. The molecule has 1 saturated heterocycles. The molecule has 0 aliphatic carbocycles. The van der Waals surface area contributed by atoms with Gasteiger partial charge in [-0.15, -0.1) is 0 Å². The van der Waals surface area contributed by atoms with Crippen LogP contribution in [-0.4, -0.2) is 48.3 Å². The first-order chi connectivity index (χ1) is 9.16. The van der Waals surface area contributed by atoms with Gasteiger partial charge in [0.15, 0.2) is 11.6 Å². The number of halogens is 1. The number of ether oxygens (including phenoxy) is 1. The summed E-state index contributed by atoms with van der Waals surface area (Å²) < 4.78 is 18.8. The predicted octanol–water partition coefficient (Wildman–Crippen LogP) is 0.370. The molecule has 0 atom stereocenters. The third-order valence-corrected chi connectivity index (χ3v) is 3.33. The molecule has 4 nitrogen and oxygen atoms in total. The van der Waals surface area contributed by atoms with Gasteiger partial charge in [0.25, 0.3) is 0 Å². The summed E-state index contributed by atoms with van der Waals surface area (Å²) in [5, 5.41) is 18.1. The quantitative estimate of drug-likeness (QED) is 0.577. The first kappa shape index (κ1) is 14.3. The van der Waals surface area contributed by atoms with E-state index in [2.05, 4.69) is 4.90 Å². The van der Waals surface area contributed by atoms with Crippen LogP contribution in [0.5, 0.6) is 5.75 Å². The SMILES string of the molecule is OB(O)c1ccc(F)c(OCCCN2CCCC2)c1. The summed E-state index contributed by atoms with van der Waals surface area (Å²) in [6, 6.07) is 3.84. The Morgan fingerprint density at radius 2 is 2.00 bits per heavy atom. The van der Waals surface area contributed by atoms with Crippen LogP contribution in [0.25, 0.3) is 0 Å². The van der Waals surface area contributed by atoms with E-state index in [0.29, 0.717) is 6.61 Å². The van der Waals surface area contributed by atoms with Crippen LogP contribution < -0.4 is 10.2 Å². The largest absolute Gasteiger partial charge is 0.490 e. The molecule has 0 radical (unpaired) electrons. The van der Waals surface area contributed by atoms with Gasteiger partial charge in [0.2, 0.25) is 0 Å². The minimum Gasteiger partial charge on any atom is -0.490 e. The Morgan fingerprint density at radius 1 is 1.26 bits per heavy atom. The molecule has 104 valence electrons. The highest BCUT2D eigenvalue weighted by molar-refractivity contribution is 6.58.